The minimum atomic E-state index is -3.91. The molecule has 0 saturated carbocycles. The summed E-state index contributed by atoms with van der Waals surface area (Å²) < 4.78 is 31.9. The molecule has 0 aliphatic carbocycles. The molecule has 0 atom stereocenters. The lowest BCUT2D eigenvalue weighted by Gasteiger charge is -2.05. The maximum Gasteiger partial charge on any atom is 0.286 e. The van der Waals surface area contributed by atoms with Crippen LogP contribution in [0.4, 0.5) is 0 Å². The van der Waals surface area contributed by atoms with Crippen LogP contribution in [0.25, 0.3) is 22.5 Å². The Kier molecular flexibility index (Phi) is 3.54. The van der Waals surface area contributed by atoms with Gasteiger partial charge in [0.1, 0.15) is 4.90 Å². The zero-order chi connectivity index (χ0) is 18.5. The smallest absolute Gasteiger partial charge is 0.275 e. The fourth-order valence-corrected chi connectivity index (χ4v) is 3.90. The number of hydrogen-bond donors (Lipinski definition) is 0. The molecule has 0 bridgehead atoms. The minimum absolute atomic E-state index is 0.0611. The van der Waals surface area contributed by atoms with Crippen molar-refractivity contribution in [2.45, 2.75) is 4.90 Å². The summed E-state index contributed by atoms with van der Waals surface area (Å²) in [5.41, 5.74) is 2.28. The number of aryl methyl sites for hydroxylation is 3. The maximum atomic E-state index is 13.1. The molecule has 0 N–H and O–H groups in total. The molecular weight excluding hydrogens is 356 g/mol. The van der Waals surface area contributed by atoms with E-state index in [-0.39, 0.29) is 4.90 Å². The first-order valence-corrected chi connectivity index (χ1v) is 9.11. The number of hydrogen-bond acceptors (Lipinski definition) is 6. The highest BCUT2D eigenvalue weighted by Crippen LogP contribution is 2.28. The van der Waals surface area contributed by atoms with E-state index in [0.717, 1.165) is 9.65 Å². The first kappa shape index (κ1) is 16.3. The van der Waals surface area contributed by atoms with Crippen LogP contribution >= 0.6 is 0 Å². The highest BCUT2D eigenvalue weighted by molar-refractivity contribution is 7.90. The van der Waals surface area contributed by atoms with Crippen LogP contribution in [0.15, 0.2) is 48.1 Å². The van der Waals surface area contributed by atoms with E-state index < -0.39 is 10.0 Å². The molecule has 134 valence electrons. The van der Waals surface area contributed by atoms with Crippen molar-refractivity contribution in [1.29, 1.82) is 0 Å². The molecule has 0 aliphatic heterocycles. The van der Waals surface area contributed by atoms with Gasteiger partial charge in [0.25, 0.3) is 10.0 Å². The van der Waals surface area contributed by atoms with E-state index in [1.807, 2.05) is 0 Å². The largest absolute Gasteiger partial charge is 0.286 e. The van der Waals surface area contributed by atoms with E-state index in [1.165, 1.54) is 17.1 Å². The molecule has 4 aromatic rings. The van der Waals surface area contributed by atoms with E-state index in [1.54, 1.807) is 61.4 Å². The summed E-state index contributed by atoms with van der Waals surface area (Å²) in [5.74, 6) is 0. The average molecular weight is 372 g/mol. The highest BCUT2D eigenvalue weighted by atomic mass is 32.2. The molecule has 0 amide bonds. The summed E-state index contributed by atoms with van der Waals surface area (Å²) in [5, 5.41) is 16.5. The van der Waals surface area contributed by atoms with Gasteiger partial charge in [-0.25, -0.2) is 0 Å². The molecule has 4 rings (SSSR count). The molecule has 0 fully saturated rings. The van der Waals surface area contributed by atoms with Crippen LogP contribution in [0.2, 0.25) is 0 Å². The molecule has 0 spiro atoms. The van der Waals surface area contributed by atoms with E-state index in [4.69, 9.17) is 0 Å². The van der Waals surface area contributed by atoms with Gasteiger partial charge in [-0.2, -0.15) is 32.9 Å². The molecule has 4 aromatic heterocycles. The summed E-state index contributed by atoms with van der Waals surface area (Å²) >= 11 is 0. The summed E-state index contributed by atoms with van der Waals surface area (Å²) in [6.45, 7) is 0. The molecule has 10 nitrogen and oxygen atoms in total. The van der Waals surface area contributed by atoms with Crippen LogP contribution in [0.1, 0.15) is 0 Å². The van der Waals surface area contributed by atoms with Gasteiger partial charge in [0, 0.05) is 50.9 Å². The van der Waals surface area contributed by atoms with Crippen molar-refractivity contribution in [1.82, 2.24) is 38.5 Å². The molecule has 0 aliphatic rings. The normalized spacial score (nSPS) is 12.0. The molecule has 4 heterocycles. The van der Waals surface area contributed by atoms with Crippen LogP contribution in [-0.4, -0.2) is 46.9 Å². The molecule has 11 heteroatoms. The Hall–Kier alpha value is -3.21. The van der Waals surface area contributed by atoms with Gasteiger partial charge in [-0.1, -0.05) is 0 Å². The fraction of sp³-hybridized carbons (Fsp3) is 0.200. The lowest BCUT2D eigenvalue weighted by molar-refractivity contribution is 0.581. The van der Waals surface area contributed by atoms with Crippen LogP contribution in [0.5, 0.6) is 0 Å². The predicted molar refractivity (Wildman–Crippen MR) is 92.4 cm³/mol. The lowest BCUT2D eigenvalue weighted by Crippen LogP contribution is -2.15. The zero-order valence-corrected chi connectivity index (χ0v) is 15.2. The Morgan fingerprint density at radius 3 is 1.92 bits per heavy atom. The Labute approximate surface area is 149 Å². The van der Waals surface area contributed by atoms with Gasteiger partial charge in [0.15, 0.2) is 0 Å². The molecule has 0 unspecified atom stereocenters. The SMILES string of the molecule is Cn1cc(-c2cc(-c3cnn(C)c3)n(S(=O)(=O)c3cnn(C)c3)n2)cn1. The van der Waals surface area contributed by atoms with Crippen LogP contribution in [0, 0.1) is 0 Å². The van der Waals surface area contributed by atoms with E-state index >= 15 is 0 Å². The van der Waals surface area contributed by atoms with Crippen molar-refractivity contribution in [3.05, 3.63) is 43.2 Å². The van der Waals surface area contributed by atoms with Gasteiger partial charge in [-0.15, -0.1) is 0 Å². The van der Waals surface area contributed by atoms with E-state index in [0.29, 0.717) is 17.0 Å². The third-order valence-corrected chi connectivity index (χ3v) is 5.43. The van der Waals surface area contributed by atoms with Crippen molar-refractivity contribution in [3.8, 4) is 22.5 Å². The van der Waals surface area contributed by atoms with E-state index in [9.17, 15) is 8.42 Å². The average Bonchev–Trinajstić information content (AvgIpc) is 3.32. The number of nitrogens with zero attached hydrogens (tertiary/aromatic N) is 8. The van der Waals surface area contributed by atoms with Gasteiger partial charge in [0.2, 0.25) is 0 Å². The van der Waals surface area contributed by atoms with E-state index in [2.05, 4.69) is 20.4 Å². The van der Waals surface area contributed by atoms with Crippen molar-refractivity contribution in [3.63, 3.8) is 0 Å². The summed E-state index contributed by atoms with van der Waals surface area (Å²) in [7, 11) is 1.30. The van der Waals surface area contributed by atoms with Gasteiger partial charge in [0.05, 0.1) is 30.0 Å². The number of rotatable bonds is 4. The quantitative estimate of drug-likeness (QED) is 0.521. The molecule has 0 saturated heterocycles. The standard InChI is InChI=1S/C15H16N8O2S/c1-20-8-11(5-16-20)14-4-15(12-6-17-21(2)9-12)23(19-14)26(24,25)13-7-18-22(3)10-13/h4-10H,1-3H3. The van der Waals surface area contributed by atoms with Crippen LogP contribution < -0.4 is 0 Å². The number of aromatic nitrogens is 8. The molecule has 0 aromatic carbocycles. The first-order chi connectivity index (χ1) is 12.3. The molecular formula is C15H16N8O2S. The zero-order valence-electron chi connectivity index (χ0n) is 14.3. The second-order valence-corrected chi connectivity index (χ2v) is 7.69. The Morgan fingerprint density at radius 2 is 1.38 bits per heavy atom. The van der Waals surface area contributed by atoms with Crippen LogP contribution in [-0.2, 0) is 31.2 Å². The molecule has 26 heavy (non-hydrogen) atoms. The van der Waals surface area contributed by atoms with Crippen molar-refractivity contribution < 1.29 is 8.42 Å². The second-order valence-electron chi connectivity index (χ2n) is 5.92. The van der Waals surface area contributed by atoms with Gasteiger partial charge in [-0.3, -0.25) is 14.0 Å². The Balaban J connectivity index is 1.93. The first-order valence-electron chi connectivity index (χ1n) is 7.67. The van der Waals surface area contributed by atoms with Gasteiger partial charge in [-0.05, 0) is 6.07 Å². The predicted octanol–water partition coefficient (Wildman–Crippen LogP) is 0.655. The second kappa shape index (κ2) is 5.66. The Morgan fingerprint density at radius 1 is 0.808 bits per heavy atom. The third-order valence-electron chi connectivity index (χ3n) is 3.89. The summed E-state index contributed by atoms with van der Waals surface area (Å²) in [6, 6.07) is 1.71. The van der Waals surface area contributed by atoms with Gasteiger partial charge < -0.3 is 0 Å². The monoisotopic (exact) mass is 372 g/mol. The minimum Gasteiger partial charge on any atom is -0.275 e. The van der Waals surface area contributed by atoms with Crippen LogP contribution in [0.3, 0.4) is 0 Å². The summed E-state index contributed by atoms with van der Waals surface area (Å²) in [6.07, 6.45) is 9.48. The topological polar surface area (TPSA) is 105 Å². The maximum absolute atomic E-state index is 13.1. The van der Waals surface area contributed by atoms with Gasteiger partial charge >= 0.3 is 0 Å². The fourth-order valence-electron chi connectivity index (χ4n) is 2.62. The molecule has 0 radical (unpaired) electrons. The lowest BCUT2D eigenvalue weighted by atomic mass is 10.2. The summed E-state index contributed by atoms with van der Waals surface area (Å²) in [4.78, 5) is 0.0611. The highest BCUT2D eigenvalue weighted by Gasteiger charge is 2.26. The van der Waals surface area contributed by atoms with Crippen molar-refractivity contribution >= 4 is 10.0 Å². The van der Waals surface area contributed by atoms with Crippen molar-refractivity contribution in [2.24, 2.45) is 21.1 Å². The third kappa shape index (κ3) is 2.62. The van der Waals surface area contributed by atoms with Crippen molar-refractivity contribution in [2.75, 3.05) is 0 Å². The Bertz CT molecular complexity index is 1190.